The quantitative estimate of drug-likeness (QED) is 0.874. The molecule has 1 unspecified atom stereocenters. The summed E-state index contributed by atoms with van der Waals surface area (Å²) < 4.78 is 37.6. The largest absolute Gasteiger partial charge is 0.406 e. The van der Waals surface area contributed by atoms with Gasteiger partial charge in [-0.15, -0.1) is 0 Å². The van der Waals surface area contributed by atoms with Crippen LogP contribution in [0.2, 0.25) is 0 Å². The normalized spacial score (nSPS) is 13.1. The maximum absolute atomic E-state index is 12.5. The van der Waals surface area contributed by atoms with E-state index in [0.717, 1.165) is 10.5 Å². The Kier molecular flexibility index (Phi) is 6.01. The third-order valence-electron chi connectivity index (χ3n) is 2.99. The fourth-order valence-corrected chi connectivity index (χ4v) is 2.10. The smallest absolute Gasteiger partial charge is 0.332 e. The first-order valence-electron chi connectivity index (χ1n) is 6.49. The van der Waals surface area contributed by atoms with Crippen molar-refractivity contribution in [1.82, 2.24) is 4.90 Å². The van der Waals surface area contributed by atoms with E-state index in [1.54, 1.807) is 37.3 Å². The minimum Gasteiger partial charge on any atom is -0.332 e. The van der Waals surface area contributed by atoms with Gasteiger partial charge in [-0.1, -0.05) is 37.3 Å². The Bertz CT molecular complexity index is 420. The summed E-state index contributed by atoms with van der Waals surface area (Å²) >= 11 is 0. The summed E-state index contributed by atoms with van der Waals surface area (Å²) in [6, 6.07) is 8.83. The van der Waals surface area contributed by atoms with Gasteiger partial charge in [-0.25, -0.2) is 0 Å². The summed E-state index contributed by atoms with van der Waals surface area (Å²) in [7, 11) is 0. The molecule has 0 aliphatic carbocycles. The molecule has 3 nitrogen and oxygen atoms in total. The summed E-state index contributed by atoms with van der Waals surface area (Å²) in [5, 5.41) is 0. The summed E-state index contributed by atoms with van der Waals surface area (Å²) in [5.74, 6) is -1.09. The van der Waals surface area contributed by atoms with Crippen LogP contribution in [-0.2, 0) is 4.79 Å². The fraction of sp³-hybridized carbons (Fsp3) is 0.500. The van der Waals surface area contributed by atoms with E-state index in [4.69, 9.17) is 5.73 Å². The number of halogens is 3. The molecule has 0 saturated carbocycles. The second kappa shape index (κ2) is 7.28. The number of amides is 1. The predicted molar refractivity (Wildman–Crippen MR) is 71.2 cm³/mol. The van der Waals surface area contributed by atoms with Gasteiger partial charge in [0.1, 0.15) is 6.54 Å². The van der Waals surface area contributed by atoms with Gasteiger partial charge < -0.3 is 10.6 Å². The molecule has 0 heterocycles. The Balaban J connectivity index is 2.91. The topological polar surface area (TPSA) is 46.3 Å². The highest BCUT2D eigenvalue weighted by molar-refractivity contribution is 5.83. The van der Waals surface area contributed by atoms with Crippen LogP contribution in [0, 0.1) is 0 Å². The van der Waals surface area contributed by atoms with Crippen molar-refractivity contribution in [2.45, 2.75) is 25.4 Å². The number of rotatable bonds is 6. The number of hydrogen-bond acceptors (Lipinski definition) is 2. The molecule has 1 amide bonds. The van der Waals surface area contributed by atoms with Crippen molar-refractivity contribution >= 4 is 5.91 Å². The first-order valence-corrected chi connectivity index (χ1v) is 6.49. The van der Waals surface area contributed by atoms with Crippen molar-refractivity contribution < 1.29 is 18.0 Å². The molecule has 0 aromatic heterocycles. The van der Waals surface area contributed by atoms with Crippen molar-refractivity contribution in [1.29, 1.82) is 0 Å². The molecule has 2 N–H and O–H groups in total. The van der Waals surface area contributed by atoms with E-state index < -0.39 is 24.5 Å². The maximum Gasteiger partial charge on any atom is 0.406 e. The van der Waals surface area contributed by atoms with E-state index in [-0.39, 0.29) is 13.1 Å². The van der Waals surface area contributed by atoms with Crippen LogP contribution in [0.1, 0.15) is 24.8 Å². The summed E-state index contributed by atoms with van der Waals surface area (Å²) in [6.07, 6.45) is -3.97. The lowest BCUT2D eigenvalue weighted by Gasteiger charge is -2.27. The lowest BCUT2D eigenvalue weighted by Crippen LogP contribution is -2.43. The molecule has 20 heavy (non-hydrogen) atoms. The highest BCUT2D eigenvalue weighted by Crippen LogP contribution is 2.24. The molecule has 1 aromatic carbocycles. The molecular weight excluding hydrogens is 269 g/mol. The third-order valence-corrected chi connectivity index (χ3v) is 2.99. The number of carbonyl (C=O) groups is 1. The standard InChI is InChI=1S/C14H19F3N2O/c1-2-12(11-6-4-3-5-7-11)13(20)19(9-8-18)10-14(15,16)17/h3-7,12H,2,8-10,18H2,1H3. The Labute approximate surface area is 116 Å². The molecule has 0 bridgehead atoms. The number of alkyl halides is 3. The highest BCUT2D eigenvalue weighted by Gasteiger charge is 2.34. The first-order chi connectivity index (χ1) is 9.39. The average molecular weight is 288 g/mol. The molecule has 0 radical (unpaired) electrons. The summed E-state index contributed by atoms with van der Waals surface area (Å²) in [5.41, 5.74) is 6.03. The van der Waals surface area contributed by atoms with Crippen LogP contribution in [0.4, 0.5) is 13.2 Å². The van der Waals surface area contributed by atoms with Gasteiger partial charge in [-0.2, -0.15) is 13.2 Å². The highest BCUT2D eigenvalue weighted by atomic mass is 19.4. The number of benzene rings is 1. The van der Waals surface area contributed by atoms with Crippen LogP contribution in [0.25, 0.3) is 0 Å². The molecule has 0 fully saturated rings. The zero-order chi connectivity index (χ0) is 15.2. The van der Waals surface area contributed by atoms with E-state index in [9.17, 15) is 18.0 Å². The summed E-state index contributed by atoms with van der Waals surface area (Å²) in [4.78, 5) is 13.1. The lowest BCUT2D eigenvalue weighted by atomic mass is 9.95. The van der Waals surface area contributed by atoms with Crippen LogP contribution in [0.15, 0.2) is 30.3 Å². The Hall–Kier alpha value is -1.56. The van der Waals surface area contributed by atoms with Crippen LogP contribution >= 0.6 is 0 Å². The average Bonchev–Trinajstić information content (AvgIpc) is 2.39. The molecule has 0 saturated heterocycles. The van der Waals surface area contributed by atoms with Gasteiger partial charge in [0.05, 0.1) is 5.92 Å². The van der Waals surface area contributed by atoms with Gasteiger partial charge in [-0.3, -0.25) is 4.79 Å². The van der Waals surface area contributed by atoms with Crippen LogP contribution in [0.5, 0.6) is 0 Å². The van der Waals surface area contributed by atoms with Gasteiger partial charge in [0.25, 0.3) is 0 Å². The first kappa shape index (κ1) is 16.5. The minimum absolute atomic E-state index is 0.00699. The van der Waals surface area contributed by atoms with E-state index in [0.29, 0.717) is 6.42 Å². The van der Waals surface area contributed by atoms with Crippen LogP contribution in [-0.4, -0.2) is 36.6 Å². The van der Waals surface area contributed by atoms with E-state index in [2.05, 4.69) is 0 Å². The van der Waals surface area contributed by atoms with E-state index in [1.165, 1.54) is 0 Å². The molecule has 0 aliphatic heterocycles. The second-order valence-electron chi connectivity index (χ2n) is 4.54. The van der Waals surface area contributed by atoms with Gasteiger partial charge in [0.2, 0.25) is 5.91 Å². The van der Waals surface area contributed by atoms with E-state index >= 15 is 0 Å². The monoisotopic (exact) mass is 288 g/mol. The lowest BCUT2D eigenvalue weighted by molar-refractivity contribution is -0.162. The van der Waals surface area contributed by atoms with Crippen LogP contribution in [0.3, 0.4) is 0 Å². The zero-order valence-corrected chi connectivity index (χ0v) is 11.4. The predicted octanol–water partition coefficient (Wildman–Crippen LogP) is 2.53. The molecule has 1 aromatic rings. The van der Waals surface area contributed by atoms with Crippen molar-refractivity contribution in [2.24, 2.45) is 5.73 Å². The van der Waals surface area contributed by atoms with Crippen LogP contribution < -0.4 is 5.73 Å². The maximum atomic E-state index is 12.5. The van der Waals surface area contributed by atoms with Crippen molar-refractivity contribution in [2.75, 3.05) is 19.6 Å². The molecular formula is C14H19F3N2O. The number of nitrogens with two attached hydrogens (primary N) is 1. The molecule has 1 rings (SSSR count). The van der Waals surface area contributed by atoms with E-state index in [1.807, 2.05) is 0 Å². The van der Waals surface area contributed by atoms with Crippen molar-refractivity contribution in [3.05, 3.63) is 35.9 Å². The Morgan fingerprint density at radius 3 is 2.35 bits per heavy atom. The second-order valence-corrected chi connectivity index (χ2v) is 4.54. The summed E-state index contributed by atoms with van der Waals surface area (Å²) in [6.45, 7) is 0.435. The van der Waals surface area contributed by atoms with Gasteiger partial charge in [-0.05, 0) is 12.0 Å². The van der Waals surface area contributed by atoms with Crippen molar-refractivity contribution in [3.8, 4) is 0 Å². The molecule has 0 aliphatic rings. The Morgan fingerprint density at radius 1 is 1.30 bits per heavy atom. The molecule has 6 heteroatoms. The van der Waals surface area contributed by atoms with Crippen molar-refractivity contribution in [3.63, 3.8) is 0 Å². The number of carbonyl (C=O) groups excluding carboxylic acids is 1. The van der Waals surface area contributed by atoms with Gasteiger partial charge >= 0.3 is 6.18 Å². The van der Waals surface area contributed by atoms with Gasteiger partial charge in [0, 0.05) is 13.1 Å². The Morgan fingerprint density at radius 2 is 1.90 bits per heavy atom. The molecule has 1 atom stereocenters. The molecule has 0 spiro atoms. The molecule has 112 valence electrons. The number of hydrogen-bond donors (Lipinski definition) is 1. The number of nitrogens with zero attached hydrogens (tertiary/aromatic N) is 1. The zero-order valence-electron chi connectivity index (χ0n) is 11.4. The SMILES string of the molecule is CCC(C(=O)N(CCN)CC(F)(F)F)c1ccccc1. The third kappa shape index (κ3) is 4.85. The van der Waals surface area contributed by atoms with Gasteiger partial charge in [0.15, 0.2) is 0 Å². The fourth-order valence-electron chi connectivity index (χ4n) is 2.10. The minimum atomic E-state index is -4.42.